The third kappa shape index (κ3) is 4.01. The molecule has 5 heteroatoms. The highest BCUT2D eigenvalue weighted by atomic mass is 16.3. The molecule has 0 fully saturated rings. The maximum atomic E-state index is 6.53. The number of aromatic nitrogens is 4. The maximum Gasteiger partial charge on any atom is 0.164 e. The molecule has 0 aliphatic carbocycles. The number of benzene rings is 7. The third-order valence-electron chi connectivity index (χ3n) is 9.25. The zero-order valence-electron chi connectivity index (χ0n) is 25.7. The molecule has 48 heavy (non-hydrogen) atoms. The molecule has 0 N–H and O–H groups in total. The molecule has 0 spiro atoms. The van der Waals surface area contributed by atoms with Crippen LogP contribution >= 0.6 is 0 Å². The fraction of sp³-hybridized carbons (Fsp3) is 0. The van der Waals surface area contributed by atoms with Crippen LogP contribution in [0.4, 0.5) is 0 Å². The summed E-state index contributed by atoms with van der Waals surface area (Å²) in [4.78, 5) is 15.6. The van der Waals surface area contributed by atoms with E-state index in [9.17, 15) is 0 Å². The molecule has 0 atom stereocenters. The van der Waals surface area contributed by atoms with Gasteiger partial charge in [-0.1, -0.05) is 121 Å². The predicted octanol–water partition coefficient (Wildman–Crippen LogP) is 11.0. The van der Waals surface area contributed by atoms with Crippen molar-refractivity contribution in [3.05, 3.63) is 158 Å². The fourth-order valence-electron chi connectivity index (χ4n) is 7.13. The number of hydrogen-bond acceptors (Lipinski definition) is 4. The Hall–Kier alpha value is -6.59. The van der Waals surface area contributed by atoms with Gasteiger partial charge >= 0.3 is 0 Å². The molecule has 3 aromatic heterocycles. The molecular weight excluding hydrogens is 589 g/mol. The Morgan fingerprint density at radius 1 is 0.417 bits per heavy atom. The number of para-hydroxylation sites is 3. The van der Waals surface area contributed by atoms with Crippen molar-refractivity contribution in [3.63, 3.8) is 0 Å². The van der Waals surface area contributed by atoms with Crippen LogP contribution in [0.15, 0.2) is 162 Å². The molecular formula is C43H26N4O. The minimum Gasteiger partial charge on any atom is -0.455 e. The Balaban J connectivity index is 1.29. The summed E-state index contributed by atoms with van der Waals surface area (Å²) in [6, 6.07) is 54.3. The van der Waals surface area contributed by atoms with Crippen molar-refractivity contribution in [3.8, 4) is 39.9 Å². The predicted molar refractivity (Wildman–Crippen MR) is 195 cm³/mol. The number of rotatable bonds is 4. The Kier molecular flexibility index (Phi) is 5.81. The van der Waals surface area contributed by atoms with Gasteiger partial charge in [-0.05, 0) is 41.8 Å². The summed E-state index contributed by atoms with van der Waals surface area (Å²) in [5.41, 5.74) is 7.80. The average Bonchev–Trinajstić information content (AvgIpc) is 3.71. The maximum absolute atomic E-state index is 6.53. The normalized spacial score (nSPS) is 11.8. The van der Waals surface area contributed by atoms with Gasteiger partial charge in [0.2, 0.25) is 0 Å². The molecule has 0 saturated carbocycles. The first-order chi connectivity index (χ1) is 23.8. The van der Waals surface area contributed by atoms with E-state index < -0.39 is 0 Å². The second kappa shape index (κ2) is 10.5. The van der Waals surface area contributed by atoms with E-state index in [2.05, 4.69) is 108 Å². The highest BCUT2D eigenvalue weighted by molar-refractivity contribution is 6.19. The van der Waals surface area contributed by atoms with Crippen molar-refractivity contribution in [1.82, 2.24) is 19.5 Å². The Bertz CT molecular complexity index is 2830. The van der Waals surface area contributed by atoms with Gasteiger partial charge in [0.15, 0.2) is 17.5 Å². The smallest absolute Gasteiger partial charge is 0.164 e. The van der Waals surface area contributed by atoms with Crippen LogP contribution < -0.4 is 0 Å². The van der Waals surface area contributed by atoms with Gasteiger partial charge in [-0.3, -0.25) is 0 Å². The van der Waals surface area contributed by atoms with Crippen molar-refractivity contribution in [2.75, 3.05) is 0 Å². The summed E-state index contributed by atoms with van der Waals surface area (Å²) in [6.07, 6.45) is 0. The van der Waals surface area contributed by atoms with E-state index >= 15 is 0 Å². The topological polar surface area (TPSA) is 56.7 Å². The van der Waals surface area contributed by atoms with Gasteiger partial charge in [-0.25, -0.2) is 15.0 Å². The molecule has 0 aliphatic heterocycles. The second-order valence-corrected chi connectivity index (χ2v) is 12.0. The van der Waals surface area contributed by atoms with Crippen LogP contribution in [-0.2, 0) is 0 Å². The van der Waals surface area contributed by atoms with Gasteiger partial charge in [0.05, 0.1) is 11.0 Å². The first kappa shape index (κ1) is 26.6. The summed E-state index contributed by atoms with van der Waals surface area (Å²) in [5, 5.41) is 6.46. The van der Waals surface area contributed by atoms with E-state index in [-0.39, 0.29) is 0 Å². The highest BCUT2D eigenvalue weighted by Gasteiger charge is 2.21. The van der Waals surface area contributed by atoms with Crippen molar-refractivity contribution in [1.29, 1.82) is 0 Å². The molecule has 0 amide bonds. The first-order valence-corrected chi connectivity index (χ1v) is 16.0. The van der Waals surface area contributed by atoms with Gasteiger partial charge in [0.1, 0.15) is 11.2 Å². The van der Waals surface area contributed by atoms with Crippen molar-refractivity contribution in [2.45, 2.75) is 0 Å². The molecule has 7 aromatic carbocycles. The average molecular weight is 615 g/mol. The van der Waals surface area contributed by atoms with E-state index in [1.165, 1.54) is 0 Å². The molecule has 0 saturated heterocycles. The molecule has 3 heterocycles. The Labute approximate surface area is 275 Å². The van der Waals surface area contributed by atoms with Crippen LogP contribution in [0.5, 0.6) is 0 Å². The lowest BCUT2D eigenvalue weighted by molar-refractivity contribution is 0.672. The number of fused-ring (bicyclic) bond motifs is 8. The summed E-state index contributed by atoms with van der Waals surface area (Å²) in [6.45, 7) is 0. The lowest BCUT2D eigenvalue weighted by atomic mass is 10.0. The van der Waals surface area contributed by atoms with Crippen molar-refractivity contribution in [2.24, 2.45) is 0 Å². The quantitative estimate of drug-likeness (QED) is 0.198. The monoisotopic (exact) mass is 614 g/mol. The molecule has 0 aliphatic rings. The van der Waals surface area contributed by atoms with Crippen LogP contribution in [0.2, 0.25) is 0 Å². The van der Waals surface area contributed by atoms with Crippen molar-refractivity contribution < 1.29 is 4.42 Å². The van der Waals surface area contributed by atoms with Gasteiger partial charge in [-0.15, -0.1) is 0 Å². The van der Waals surface area contributed by atoms with Crippen LogP contribution in [0, 0.1) is 0 Å². The van der Waals surface area contributed by atoms with Crippen molar-refractivity contribution >= 4 is 54.5 Å². The Morgan fingerprint density at radius 3 is 1.85 bits per heavy atom. The lowest BCUT2D eigenvalue weighted by Crippen LogP contribution is -2.01. The van der Waals surface area contributed by atoms with E-state index in [1.54, 1.807) is 0 Å². The molecule has 10 rings (SSSR count). The van der Waals surface area contributed by atoms with Crippen LogP contribution in [0.3, 0.4) is 0 Å². The van der Waals surface area contributed by atoms with Crippen LogP contribution in [0.1, 0.15) is 0 Å². The summed E-state index contributed by atoms with van der Waals surface area (Å²) in [5.74, 6) is 1.84. The van der Waals surface area contributed by atoms with E-state index in [0.717, 1.165) is 76.9 Å². The van der Waals surface area contributed by atoms with E-state index in [1.807, 2.05) is 54.6 Å². The minimum atomic E-state index is 0.598. The van der Waals surface area contributed by atoms with Gasteiger partial charge in [0.25, 0.3) is 0 Å². The fourth-order valence-corrected chi connectivity index (χ4v) is 7.13. The van der Waals surface area contributed by atoms with Gasteiger partial charge < -0.3 is 8.98 Å². The largest absolute Gasteiger partial charge is 0.455 e. The molecule has 0 radical (unpaired) electrons. The number of nitrogens with zero attached hydrogens (tertiary/aromatic N) is 4. The zero-order chi connectivity index (χ0) is 31.6. The summed E-state index contributed by atoms with van der Waals surface area (Å²) >= 11 is 0. The lowest BCUT2D eigenvalue weighted by Gasteiger charge is -2.12. The molecule has 224 valence electrons. The highest BCUT2D eigenvalue weighted by Crippen LogP contribution is 2.41. The van der Waals surface area contributed by atoms with E-state index in [0.29, 0.717) is 17.5 Å². The van der Waals surface area contributed by atoms with Crippen LogP contribution in [-0.4, -0.2) is 19.5 Å². The molecule has 0 unspecified atom stereocenters. The number of hydrogen-bond donors (Lipinski definition) is 0. The summed E-state index contributed by atoms with van der Waals surface area (Å²) < 4.78 is 8.85. The zero-order valence-corrected chi connectivity index (χ0v) is 25.7. The third-order valence-corrected chi connectivity index (χ3v) is 9.25. The molecule has 0 bridgehead atoms. The minimum absolute atomic E-state index is 0.598. The molecule has 10 aromatic rings. The molecule has 5 nitrogen and oxygen atoms in total. The van der Waals surface area contributed by atoms with Crippen LogP contribution in [0.25, 0.3) is 94.4 Å². The van der Waals surface area contributed by atoms with E-state index in [4.69, 9.17) is 19.4 Å². The number of furan rings is 1. The first-order valence-electron chi connectivity index (χ1n) is 16.0. The second-order valence-electron chi connectivity index (χ2n) is 12.0. The SMILES string of the molecule is c1ccc(-c2nc(-c3cccc4ccc5c6ccccc6oc5c34)nc(-c3cccc4c3c3ccccc3n4-c3ccccc3)n2)cc1. The van der Waals surface area contributed by atoms with Gasteiger partial charge in [0, 0.05) is 49.3 Å². The summed E-state index contributed by atoms with van der Waals surface area (Å²) in [7, 11) is 0. The Morgan fingerprint density at radius 2 is 1.04 bits per heavy atom. The van der Waals surface area contributed by atoms with Gasteiger partial charge in [-0.2, -0.15) is 0 Å². The standard InChI is InChI=1S/C43H26N4O/c1-3-13-28(14-4-1)41-44-42(33-20-11-15-27-25-26-31-30-18-8-10-24-37(30)48-40(31)38(27)33)46-43(45-41)34-21-12-23-36-39(34)32-19-7-9-22-35(32)47(36)29-16-5-2-6-17-29/h1-26H.